The first-order valence-corrected chi connectivity index (χ1v) is 7.80. The number of anilines is 2. The zero-order valence-electron chi connectivity index (χ0n) is 12.7. The van der Waals surface area contributed by atoms with E-state index < -0.39 is 0 Å². The van der Waals surface area contributed by atoms with E-state index in [1.54, 1.807) is 0 Å². The molecule has 0 aliphatic heterocycles. The van der Waals surface area contributed by atoms with E-state index in [1.807, 2.05) is 48.5 Å². The molecule has 0 atom stereocenters. The molecule has 0 fully saturated rings. The van der Waals surface area contributed by atoms with Crippen LogP contribution < -0.4 is 10.1 Å². The van der Waals surface area contributed by atoms with Crippen molar-refractivity contribution in [3.05, 3.63) is 53.6 Å². The third kappa shape index (κ3) is 4.02. The maximum Gasteiger partial charge on any atom is 0.246 e. The van der Waals surface area contributed by atoms with Gasteiger partial charge in [-0.05, 0) is 42.8 Å². The van der Waals surface area contributed by atoms with Crippen molar-refractivity contribution in [2.45, 2.75) is 13.3 Å². The average Bonchev–Trinajstić information content (AvgIpc) is 3.04. The summed E-state index contributed by atoms with van der Waals surface area (Å²) in [7, 11) is 0. The lowest BCUT2D eigenvalue weighted by atomic mass is 10.2. The molecule has 23 heavy (non-hydrogen) atoms. The summed E-state index contributed by atoms with van der Waals surface area (Å²) in [5.41, 5.74) is 1.80. The normalized spacial score (nSPS) is 10.5. The van der Waals surface area contributed by atoms with Gasteiger partial charge in [0.25, 0.3) is 0 Å². The van der Waals surface area contributed by atoms with Crippen LogP contribution in [0.3, 0.4) is 0 Å². The van der Waals surface area contributed by atoms with Gasteiger partial charge < -0.3 is 10.1 Å². The Morgan fingerprint density at radius 2 is 2.00 bits per heavy atom. The quantitative estimate of drug-likeness (QED) is 0.691. The summed E-state index contributed by atoms with van der Waals surface area (Å²) in [6, 6.07) is 15.2. The van der Waals surface area contributed by atoms with Gasteiger partial charge in [-0.25, -0.2) is 0 Å². The SMILES string of the molecule is CCCOc1cccc(-c2nc(Nc3ccc(Cl)cc3)n[nH]2)c1. The number of aromatic nitrogens is 3. The summed E-state index contributed by atoms with van der Waals surface area (Å²) >= 11 is 5.87. The van der Waals surface area contributed by atoms with E-state index in [0.29, 0.717) is 23.4 Å². The third-order valence-corrected chi connectivity index (χ3v) is 3.42. The molecular weight excluding hydrogens is 312 g/mol. The summed E-state index contributed by atoms with van der Waals surface area (Å²) in [6.07, 6.45) is 0.974. The smallest absolute Gasteiger partial charge is 0.246 e. The molecule has 0 spiro atoms. The molecule has 3 rings (SSSR count). The van der Waals surface area contributed by atoms with Crippen molar-refractivity contribution in [3.63, 3.8) is 0 Å². The van der Waals surface area contributed by atoms with Gasteiger partial charge in [0.1, 0.15) is 5.75 Å². The summed E-state index contributed by atoms with van der Waals surface area (Å²) < 4.78 is 5.64. The molecule has 2 N–H and O–H groups in total. The number of rotatable bonds is 6. The van der Waals surface area contributed by atoms with E-state index in [0.717, 1.165) is 23.4 Å². The van der Waals surface area contributed by atoms with Crippen LogP contribution in [-0.2, 0) is 0 Å². The van der Waals surface area contributed by atoms with Gasteiger partial charge in [0, 0.05) is 16.3 Å². The lowest BCUT2D eigenvalue weighted by Crippen LogP contribution is -1.95. The number of hydrogen-bond acceptors (Lipinski definition) is 4. The van der Waals surface area contributed by atoms with Gasteiger partial charge in [-0.2, -0.15) is 4.98 Å². The zero-order chi connectivity index (χ0) is 16.1. The highest BCUT2D eigenvalue weighted by Gasteiger charge is 2.07. The van der Waals surface area contributed by atoms with E-state index in [-0.39, 0.29) is 0 Å². The maximum absolute atomic E-state index is 5.87. The topological polar surface area (TPSA) is 62.8 Å². The molecule has 0 saturated carbocycles. The molecule has 118 valence electrons. The van der Waals surface area contributed by atoms with Crippen molar-refractivity contribution in [2.24, 2.45) is 0 Å². The van der Waals surface area contributed by atoms with Gasteiger partial charge in [-0.3, -0.25) is 5.10 Å². The molecule has 1 aromatic heterocycles. The number of ether oxygens (including phenoxy) is 1. The molecule has 1 heterocycles. The minimum Gasteiger partial charge on any atom is -0.494 e. The number of aromatic amines is 1. The number of H-pyrrole nitrogens is 1. The Kier molecular flexibility index (Phi) is 4.78. The van der Waals surface area contributed by atoms with Crippen molar-refractivity contribution in [1.82, 2.24) is 15.2 Å². The molecule has 3 aromatic rings. The van der Waals surface area contributed by atoms with Crippen LogP contribution in [0.1, 0.15) is 13.3 Å². The predicted molar refractivity (Wildman–Crippen MR) is 92.3 cm³/mol. The Balaban J connectivity index is 1.75. The second-order valence-electron chi connectivity index (χ2n) is 5.02. The fourth-order valence-electron chi connectivity index (χ4n) is 2.06. The van der Waals surface area contributed by atoms with E-state index in [9.17, 15) is 0 Å². The first kappa shape index (κ1) is 15.4. The van der Waals surface area contributed by atoms with Gasteiger partial charge in [0.05, 0.1) is 6.61 Å². The van der Waals surface area contributed by atoms with Crippen LogP contribution in [0.4, 0.5) is 11.6 Å². The Bertz CT molecular complexity index is 770. The van der Waals surface area contributed by atoms with Gasteiger partial charge in [0.2, 0.25) is 5.95 Å². The zero-order valence-corrected chi connectivity index (χ0v) is 13.5. The molecular formula is C17H17ClN4O. The summed E-state index contributed by atoms with van der Waals surface area (Å²) in [5, 5.41) is 10.9. The molecule has 0 aliphatic rings. The van der Waals surface area contributed by atoms with E-state index in [4.69, 9.17) is 16.3 Å². The Morgan fingerprint density at radius 3 is 2.78 bits per heavy atom. The van der Waals surface area contributed by atoms with Gasteiger partial charge in [-0.1, -0.05) is 30.7 Å². The van der Waals surface area contributed by atoms with E-state index in [2.05, 4.69) is 27.4 Å². The molecule has 2 aromatic carbocycles. The van der Waals surface area contributed by atoms with Gasteiger partial charge >= 0.3 is 0 Å². The van der Waals surface area contributed by atoms with Gasteiger partial charge in [0.15, 0.2) is 5.82 Å². The monoisotopic (exact) mass is 328 g/mol. The molecule has 0 amide bonds. The standard InChI is InChI=1S/C17H17ClN4O/c1-2-10-23-15-5-3-4-12(11-15)16-20-17(22-21-16)19-14-8-6-13(18)7-9-14/h3-9,11H,2,10H2,1H3,(H2,19,20,21,22). The minimum absolute atomic E-state index is 0.502. The molecule has 6 heteroatoms. The lowest BCUT2D eigenvalue weighted by Gasteiger charge is -2.05. The number of hydrogen-bond donors (Lipinski definition) is 2. The Hall–Kier alpha value is -2.53. The van der Waals surface area contributed by atoms with Crippen molar-refractivity contribution in [3.8, 4) is 17.1 Å². The fraction of sp³-hybridized carbons (Fsp3) is 0.176. The van der Waals surface area contributed by atoms with Crippen LogP contribution in [0.15, 0.2) is 48.5 Å². The highest BCUT2D eigenvalue weighted by atomic mass is 35.5. The van der Waals surface area contributed by atoms with Gasteiger partial charge in [-0.15, -0.1) is 5.10 Å². The number of nitrogens with zero attached hydrogens (tertiary/aromatic N) is 2. The summed E-state index contributed by atoms with van der Waals surface area (Å²) in [6.45, 7) is 2.78. The number of nitrogens with one attached hydrogen (secondary N) is 2. The molecule has 0 aliphatic carbocycles. The largest absolute Gasteiger partial charge is 0.494 e. The Morgan fingerprint density at radius 1 is 1.17 bits per heavy atom. The highest BCUT2D eigenvalue weighted by Crippen LogP contribution is 2.23. The van der Waals surface area contributed by atoms with Crippen LogP contribution in [0.25, 0.3) is 11.4 Å². The minimum atomic E-state index is 0.502. The van der Waals surface area contributed by atoms with Crippen molar-refractivity contribution in [2.75, 3.05) is 11.9 Å². The van der Waals surface area contributed by atoms with Crippen molar-refractivity contribution in [1.29, 1.82) is 0 Å². The molecule has 0 unspecified atom stereocenters. The summed E-state index contributed by atoms with van der Waals surface area (Å²) in [5.74, 6) is 2.01. The van der Waals surface area contributed by atoms with Crippen LogP contribution in [0.5, 0.6) is 5.75 Å². The van der Waals surface area contributed by atoms with Crippen LogP contribution >= 0.6 is 11.6 Å². The van der Waals surface area contributed by atoms with Crippen LogP contribution in [0.2, 0.25) is 5.02 Å². The molecule has 0 saturated heterocycles. The molecule has 0 radical (unpaired) electrons. The van der Waals surface area contributed by atoms with Crippen molar-refractivity contribution >= 4 is 23.2 Å². The molecule has 0 bridgehead atoms. The fourth-order valence-corrected chi connectivity index (χ4v) is 2.19. The van der Waals surface area contributed by atoms with Crippen molar-refractivity contribution < 1.29 is 4.74 Å². The summed E-state index contributed by atoms with van der Waals surface area (Å²) in [4.78, 5) is 4.45. The highest BCUT2D eigenvalue weighted by molar-refractivity contribution is 6.30. The molecule has 5 nitrogen and oxygen atoms in total. The van der Waals surface area contributed by atoms with Crippen LogP contribution in [0, 0.1) is 0 Å². The number of benzene rings is 2. The third-order valence-electron chi connectivity index (χ3n) is 3.17. The lowest BCUT2D eigenvalue weighted by molar-refractivity contribution is 0.317. The maximum atomic E-state index is 5.87. The first-order valence-electron chi connectivity index (χ1n) is 7.43. The predicted octanol–water partition coefficient (Wildman–Crippen LogP) is 4.66. The second kappa shape index (κ2) is 7.15. The van der Waals surface area contributed by atoms with E-state index in [1.165, 1.54) is 0 Å². The van der Waals surface area contributed by atoms with Crippen LogP contribution in [-0.4, -0.2) is 21.8 Å². The van der Waals surface area contributed by atoms with E-state index >= 15 is 0 Å². The first-order chi connectivity index (χ1) is 11.2. The average molecular weight is 329 g/mol. The number of halogens is 1. The second-order valence-corrected chi connectivity index (χ2v) is 5.45. The Labute approximate surface area is 139 Å².